The molecule has 17 heavy (non-hydrogen) atoms. The Morgan fingerprint density at radius 3 is 2.76 bits per heavy atom. The fraction of sp³-hybridized carbons (Fsp3) is 0.154. The second-order valence-corrected chi connectivity index (χ2v) is 4.25. The van der Waals surface area contributed by atoms with E-state index in [-0.39, 0.29) is 0 Å². The molecule has 1 aromatic carbocycles. The molecule has 0 saturated heterocycles. The van der Waals surface area contributed by atoms with Crippen molar-refractivity contribution < 1.29 is 4.52 Å². The van der Waals surface area contributed by atoms with E-state index >= 15 is 0 Å². The van der Waals surface area contributed by atoms with Gasteiger partial charge in [0.2, 0.25) is 5.88 Å². The van der Waals surface area contributed by atoms with Gasteiger partial charge in [-0.2, -0.15) is 0 Å². The summed E-state index contributed by atoms with van der Waals surface area (Å²) in [4.78, 5) is 3.34. The Labute approximate surface area is 98.4 Å². The number of aryl methyl sites for hydroxylation is 2. The van der Waals surface area contributed by atoms with Gasteiger partial charge in [0.25, 0.3) is 0 Å². The van der Waals surface area contributed by atoms with E-state index in [0.717, 1.165) is 16.8 Å². The summed E-state index contributed by atoms with van der Waals surface area (Å²) in [6.45, 7) is 4.18. The van der Waals surface area contributed by atoms with E-state index in [9.17, 15) is 0 Å². The Hall–Kier alpha value is -2.23. The zero-order valence-electron chi connectivity index (χ0n) is 9.74. The van der Waals surface area contributed by atoms with Crippen LogP contribution in [0.4, 0.5) is 5.88 Å². The molecule has 3 N–H and O–H groups in total. The molecular formula is C13H13N3O. The molecule has 0 saturated carbocycles. The van der Waals surface area contributed by atoms with Crippen LogP contribution in [0.1, 0.15) is 11.3 Å². The molecule has 0 amide bonds. The third-order valence-corrected chi connectivity index (χ3v) is 3.13. The van der Waals surface area contributed by atoms with Crippen LogP contribution in [0.2, 0.25) is 0 Å². The molecule has 0 unspecified atom stereocenters. The summed E-state index contributed by atoms with van der Waals surface area (Å²) in [6, 6.07) is 7.89. The van der Waals surface area contributed by atoms with E-state index in [4.69, 9.17) is 10.3 Å². The lowest BCUT2D eigenvalue weighted by molar-refractivity contribution is 0.439. The summed E-state index contributed by atoms with van der Waals surface area (Å²) in [6.07, 6.45) is 0. The summed E-state index contributed by atoms with van der Waals surface area (Å²) in [5.41, 5.74) is 10.9. The Morgan fingerprint density at radius 2 is 2.06 bits per heavy atom. The third-order valence-electron chi connectivity index (χ3n) is 3.13. The second kappa shape index (κ2) is 3.38. The van der Waals surface area contributed by atoms with Gasteiger partial charge in [0, 0.05) is 28.2 Å². The average molecular weight is 227 g/mol. The zero-order valence-corrected chi connectivity index (χ0v) is 9.74. The van der Waals surface area contributed by atoms with Crippen molar-refractivity contribution >= 4 is 16.8 Å². The molecule has 2 aromatic heterocycles. The first-order chi connectivity index (χ1) is 8.15. The van der Waals surface area contributed by atoms with E-state index in [1.54, 1.807) is 6.07 Å². The topological polar surface area (TPSA) is 67.8 Å². The highest BCUT2D eigenvalue weighted by molar-refractivity contribution is 5.88. The van der Waals surface area contributed by atoms with Crippen LogP contribution in [-0.2, 0) is 0 Å². The van der Waals surface area contributed by atoms with Crippen molar-refractivity contribution in [2.45, 2.75) is 13.8 Å². The SMILES string of the molecule is Cc1[nH]c2ccc(-c3cc(N)on3)cc2c1C. The minimum atomic E-state index is 0.335. The van der Waals surface area contributed by atoms with E-state index in [0.29, 0.717) is 5.88 Å². The van der Waals surface area contributed by atoms with Crippen LogP contribution in [0.25, 0.3) is 22.2 Å². The number of rotatable bonds is 1. The molecule has 0 fully saturated rings. The molecule has 4 heteroatoms. The van der Waals surface area contributed by atoms with E-state index in [1.165, 1.54) is 16.6 Å². The first-order valence-electron chi connectivity index (χ1n) is 5.46. The highest BCUT2D eigenvalue weighted by Crippen LogP contribution is 2.27. The predicted molar refractivity (Wildman–Crippen MR) is 67.7 cm³/mol. The lowest BCUT2D eigenvalue weighted by atomic mass is 10.1. The highest BCUT2D eigenvalue weighted by atomic mass is 16.5. The summed E-state index contributed by atoms with van der Waals surface area (Å²) < 4.78 is 4.89. The van der Waals surface area contributed by atoms with Crippen LogP contribution < -0.4 is 5.73 Å². The summed E-state index contributed by atoms with van der Waals surface area (Å²) in [5, 5.41) is 5.13. The summed E-state index contributed by atoms with van der Waals surface area (Å²) in [7, 11) is 0. The number of fused-ring (bicyclic) bond motifs is 1. The molecule has 0 bridgehead atoms. The molecular weight excluding hydrogens is 214 g/mol. The molecule has 2 heterocycles. The van der Waals surface area contributed by atoms with Crippen molar-refractivity contribution in [3.05, 3.63) is 35.5 Å². The maximum absolute atomic E-state index is 5.53. The van der Waals surface area contributed by atoms with Crippen LogP contribution in [0.3, 0.4) is 0 Å². The number of nitrogens with zero attached hydrogens (tertiary/aromatic N) is 1. The Bertz CT molecular complexity index is 694. The number of hydrogen-bond donors (Lipinski definition) is 2. The number of nitrogens with two attached hydrogens (primary N) is 1. The quantitative estimate of drug-likeness (QED) is 0.671. The monoisotopic (exact) mass is 227 g/mol. The number of nitrogens with one attached hydrogen (secondary N) is 1. The van der Waals surface area contributed by atoms with Gasteiger partial charge in [0.1, 0.15) is 5.69 Å². The number of aromatic nitrogens is 2. The molecule has 0 aliphatic carbocycles. The minimum Gasteiger partial charge on any atom is -0.368 e. The van der Waals surface area contributed by atoms with Crippen LogP contribution in [0, 0.1) is 13.8 Å². The molecule has 3 rings (SSSR count). The van der Waals surface area contributed by atoms with E-state index in [1.807, 2.05) is 6.07 Å². The maximum atomic E-state index is 5.53. The summed E-state index contributed by atoms with van der Waals surface area (Å²) >= 11 is 0. The van der Waals surface area contributed by atoms with Crippen molar-refractivity contribution in [1.82, 2.24) is 10.1 Å². The Kier molecular flexibility index (Phi) is 1.98. The molecule has 0 atom stereocenters. The fourth-order valence-electron chi connectivity index (χ4n) is 2.05. The first-order valence-corrected chi connectivity index (χ1v) is 5.46. The van der Waals surface area contributed by atoms with Crippen molar-refractivity contribution in [2.75, 3.05) is 5.73 Å². The second-order valence-electron chi connectivity index (χ2n) is 4.25. The van der Waals surface area contributed by atoms with Gasteiger partial charge in [-0.1, -0.05) is 11.2 Å². The fourth-order valence-corrected chi connectivity index (χ4v) is 2.05. The highest BCUT2D eigenvalue weighted by Gasteiger charge is 2.08. The standard InChI is InChI=1S/C13H13N3O/c1-7-8(2)15-11-4-3-9(5-10(7)11)12-6-13(14)17-16-12/h3-6,15H,14H2,1-2H3. The van der Waals surface area contributed by atoms with Crippen molar-refractivity contribution in [1.29, 1.82) is 0 Å². The average Bonchev–Trinajstić information content (AvgIpc) is 2.85. The number of aromatic amines is 1. The minimum absolute atomic E-state index is 0.335. The lowest BCUT2D eigenvalue weighted by Gasteiger charge is -1.97. The van der Waals surface area contributed by atoms with Gasteiger partial charge in [-0.15, -0.1) is 0 Å². The van der Waals surface area contributed by atoms with Crippen LogP contribution in [0.5, 0.6) is 0 Å². The molecule has 0 aliphatic rings. The van der Waals surface area contributed by atoms with Crippen LogP contribution >= 0.6 is 0 Å². The molecule has 3 aromatic rings. The lowest BCUT2D eigenvalue weighted by Crippen LogP contribution is -1.78. The maximum Gasteiger partial charge on any atom is 0.222 e. The zero-order chi connectivity index (χ0) is 12.0. The number of nitrogen functional groups attached to an aromatic ring is 1. The van der Waals surface area contributed by atoms with Crippen molar-refractivity contribution in [3.63, 3.8) is 0 Å². The molecule has 4 nitrogen and oxygen atoms in total. The molecule has 86 valence electrons. The van der Waals surface area contributed by atoms with Crippen molar-refractivity contribution in [2.24, 2.45) is 0 Å². The number of H-pyrrole nitrogens is 1. The van der Waals surface area contributed by atoms with Gasteiger partial charge in [-0.25, -0.2) is 0 Å². The molecule has 0 radical (unpaired) electrons. The van der Waals surface area contributed by atoms with Gasteiger partial charge in [0.05, 0.1) is 0 Å². The van der Waals surface area contributed by atoms with Gasteiger partial charge in [0.15, 0.2) is 0 Å². The first kappa shape index (κ1) is 9.96. The third kappa shape index (κ3) is 1.49. The number of anilines is 1. The molecule has 0 spiro atoms. The van der Waals surface area contributed by atoms with Gasteiger partial charge < -0.3 is 15.2 Å². The number of benzene rings is 1. The van der Waals surface area contributed by atoms with Crippen molar-refractivity contribution in [3.8, 4) is 11.3 Å². The van der Waals surface area contributed by atoms with E-state index in [2.05, 4.69) is 36.1 Å². The van der Waals surface area contributed by atoms with E-state index < -0.39 is 0 Å². The Balaban J connectivity index is 2.22. The van der Waals surface area contributed by atoms with Gasteiger partial charge in [-0.3, -0.25) is 0 Å². The van der Waals surface area contributed by atoms with Crippen LogP contribution in [-0.4, -0.2) is 10.1 Å². The van der Waals surface area contributed by atoms with Gasteiger partial charge >= 0.3 is 0 Å². The summed E-state index contributed by atoms with van der Waals surface area (Å²) in [5.74, 6) is 0.335. The van der Waals surface area contributed by atoms with Gasteiger partial charge in [-0.05, 0) is 31.5 Å². The Morgan fingerprint density at radius 1 is 1.24 bits per heavy atom. The predicted octanol–water partition coefficient (Wildman–Crippen LogP) is 3.02. The normalized spacial score (nSPS) is 11.2. The number of hydrogen-bond acceptors (Lipinski definition) is 3. The largest absolute Gasteiger partial charge is 0.368 e. The smallest absolute Gasteiger partial charge is 0.222 e. The van der Waals surface area contributed by atoms with Crippen LogP contribution in [0.15, 0.2) is 28.8 Å². The molecule has 0 aliphatic heterocycles.